The topological polar surface area (TPSA) is 89.0 Å². The number of halogens is 2. The number of benzene rings is 1. The van der Waals surface area contributed by atoms with Crippen LogP contribution in [-0.4, -0.2) is 53.2 Å². The molecule has 142 valence electrons. The number of carboxylic acids is 1. The molecule has 1 fully saturated rings. The zero-order valence-corrected chi connectivity index (χ0v) is 14.0. The maximum atomic E-state index is 12.7. The molecule has 1 N–H and O–H groups in total. The maximum Gasteiger partial charge on any atom is 0.387 e. The Morgan fingerprint density at radius 2 is 2.11 bits per heavy atom. The number of nitrogens with zero attached hydrogens (tertiary/aromatic N) is 2. The number of carboxylic acid groups (broad SMARTS) is 1. The predicted molar refractivity (Wildman–Crippen MR) is 88.9 cm³/mol. The fourth-order valence-corrected chi connectivity index (χ4v) is 2.79. The Morgan fingerprint density at radius 3 is 2.85 bits per heavy atom. The van der Waals surface area contributed by atoms with Crippen molar-refractivity contribution < 1.29 is 33.0 Å². The van der Waals surface area contributed by atoms with Crippen molar-refractivity contribution in [2.24, 2.45) is 0 Å². The van der Waals surface area contributed by atoms with Gasteiger partial charge in [0.15, 0.2) is 0 Å². The SMILES string of the molecule is O=C(O)c1cc(C(=O)N2CCOC(c3cccc(OC(F)F)c3)C2)ccn1. The summed E-state index contributed by atoms with van der Waals surface area (Å²) in [5, 5.41) is 9.01. The van der Waals surface area contributed by atoms with E-state index in [9.17, 15) is 18.4 Å². The number of carbonyl (C=O) groups is 2. The largest absolute Gasteiger partial charge is 0.477 e. The second-order valence-corrected chi connectivity index (χ2v) is 5.80. The van der Waals surface area contributed by atoms with Crippen molar-refractivity contribution in [3.8, 4) is 5.75 Å². The first kappa shape index (κ1) is 18.7. The molecule has 0 saturated carbocycles. The van der Waals surface area contributed by atoms with E-state index in [4.69, 9.17) is 9.84 Å². The van der Waals surface area contributed by atoms with Crippen LogP contribution in [0.1, 0.15) is 32.5 Å². The molecule has 1 aliphatic rings. The van der Waals surface area contributed by atoms with Gasteiger partial charge in [0.05, 0.1) is 13.2 Å². The summed E-state index contributed by atoms with van der Waals surface area (Å²) in [6, 6.07) is 8.78. The molecule has 1 atom stereocenters. The summed E-state index contributed by atoms with van der Waals surface area (Å²) in [4.78, 5) is 28.9. The van der Waals surface area contributed by atoms with Gasteiger partial charge in [-0.05, 0) is 29.8 Å². The number of aromatic nitrogens is 1. The van der Waals surface area contributed by atoms with E-state index in [2.05, 4.69) is 9.72 Å². The molecule has 1 amide bonds. The molecule has 0 spiro atoms. The van der Waals surface area contributed by atoms with E-state index in [0.717, 1.165) is 0 Å². The Labute approximate surface area is 153 Å². The van der Waals surface area contributed by atoms with Gasteiger partial charge in [0.1, 0.15) is 17.5 Å². The molecule has 1 saturated heterocycles. The van der Waals surface area contributed by atoms with E-state index in [1.807, 2.05) is 0 Å². The summed E-state index contributed by atoms with van der Waals surface area (Å²) >= 11 is 0. The molecule has 2 aromatic rings. The van der Waals surface area contributed by atoms with Crippen LogP contribution in [0.15, 0.2) is 42.6 Å². The van der Waals surface area contributed by atoms with Crippen molar-refractivity contribution in [1.82, 2.24) is 9.88 Å². The molecule has 1 aromatic carbocycles. The minimum atomic E-state index is -2.93. The number of alkyl halides is 2. The predicted octanol–water partition coefficient (Wildman–Crippen LogP) is 2.59. The highest BCUT2D eigenvalue weighted by atomic mass is 19.3. The lowest BCUT2D eigenvalue weighted by molar-refractivity contribution is -0.0504. The van der Waals surface area contributed by atoms with E-state index in [1.165, 1.54) is 35.4 Å². The lowest BCUT2D eigenvalue weighted by atomic mass is 10.1. The average Bonchev–Trinajstić information content (AvgIpc) is 2.67. The Morgan fingerprint density at radius 1 is 1.30 bits per heavy atom. The normalized spacial score (nSPS) is 17.0. The third-order valence-corrected chi connectivity index (χ3v) is 4.03. The molecule has 1 aliphatic heterocycles. The van der Waals surface area contributed by atoms with E-state index < -0.39 is 18.7 Å². The van der Waals surface area contributed by atoms with Crippen LogP contribution in [-0.2, 0) is 4.74 Å². The Kier molecular flexibility index (Phi) is 5.60. The molecule has 0 radical (unpaired) electrons. The second-order valence-electron chi connectivity index (χ2n) is 5.80. The smallest absolute Gasteiger partial charge is 0.387 e. The van der Waals surface area contributed by atoms with E-state index >= 15 is 0 Å². The van der Waals surface area contributed by atoms with Gasteiger partial charge in [-0.25, -0.2) is 9.78 Å². The fraction of sp³-hybridized carbons (Fsp3) is 0.278. The molecule has 27 heavy (non-hydrogen) atoms. The van der Waals surface area contributed by atoms with E-state index in [-0.39, 0.29) is 36.1 Å². The molecule has 0 bridgehead atoms. The monoisotopic (exact) mass is 378 g/mol. The molecule has 7 nitrogen and oxygen atoms in total. The maximum absolute atomic E-state index is 12.7. The summed E-state index contributed by atoms with van der Waals surface area (Å²) in [6.45, 7) is -2.15. The van der Waals surface area contributed by atoms with Crippen molar-refractivity contribution in [3.05, 3.63) is 59.4 Å². The standard InChI is InChI=1S/C18H16F2N2O5/c19-18(20)27-13-3-1-2-11(8-13)15-10-22(6-7-26-15)16(23)12-4-5-21-14(9-12)17(24)25/h1-5,8-9,15,18H,6-7,10H2,(H,24,25). The van der Waals surface area contributed by atoms with Crippen LogP contribution in [0, 0.1) is 0 Å². The number of ether oxygens (including phenoxy) is 2. The molecule has 1 aromatic heterocycles. The summed E-state index contributed by atoms with van der Waals surface area (Å²) in [5.74, 6) is -1.57. The molecule has 0 aliphatic carbocycles. The molecule has 3 rings (SSSR count). The summed E-state index contributed by atoms with van der Waals surface area (Å²) < 4.78 is 34.8. The number of hydrogen-bond acceptors (Lipinski definition) is 5. The van der Waals surface area contributed by atoms with Gasteiger partial charge in [0.25, 0.3) is 5.91 Å². The van der Waals surface area contributed by atoms with Gasteiger partial charge in [-0.1, -0.05) is 12.1 Å². The number of hydrogen-bond donors (Lipinski definition) is 1. The lowest BCUT2D eigenvalue weighted by Gasteiger charge is -2.33. The van der Waals surface area contributed by atoms with Crippen molar-refractivity contribution in [1.29, 1.82) is 0 Å². The van der Waals surface area contributed by atoms with Gasteiger partial charge in [0.2, 0.25) is 0 Å². The molecular weight excluding hydrogens is 362 g/mol. The second kappa shape index (κ2) is 8.09. The summed E-state index contributed by atoms with van der Waals surface area (Å²) in [6.07, 6.45) is 0.754. The molecule has 9 heteroatoms. The number of pyridine rings is 1. The van der Waals surface area contributed by atoms with E-state index in [1.54, 1.807) is 12.1 Å². The number of carbonyl (C=O) groups excluding carboxylic acids is 1. The van der Waals surface area contributed by atoms with Crippen molar-refractivity contribution in [2.75, 3.05) is 19.7 Å². The third-order valence-electron chi connectivity index (χ3n) is 4.03. The minimum Gasteiger partial charge on any atom is -0.477 e. The zero-order chi connectivity index (χ0) is 19.4. The van der Waals surface area contributed by atoms with Gasteiger partial charge in [-0.2, -0.15) is 8.78 Å². The number of amides is 1. The van der Waals surface area contributed by atoms with Crippen molar-refractivity contribution in [2.45, 2.75) is 12.7 Å². The molecule has 2 heterocycles. The van der Waals surface area contributed by atoms with Crippen LogP contribution in [0.3, 0.4) is 0 Å². The van der Waals surface area contributed by atoms with Crippen molar-refractivity contribution in [3.63, 3.8) is 0 Å². The van der Waals surface area contributed by atoms with Crippen LogP contribution in [0.5, 0.6) is 5.75 Å². The number of aromatic carboxylic acids is 1. The quantitative estimate of drug-likeness (QED) is 0.860. The van der Waals surface area contributed by atoms with Crippen LogP contribution < -0.4 is 4.74 Å². The van der Waals surface area contributed by atoms with Gasteiger partial charge in [-0.15, -0.1) is 0 Å². The summed E-state index contributed by atoms with van der Waals surface area (Å²) in [5.41, 5.74) is 0.590. The highest BCUT2D eigenvalue weighted by Gasteiger charge is 2.27. The zero-order valence-electron chi connectivity index (χ0n) is 14.0. The lowest BCUT2D eigenvalue weighted by Crippen LogP contribution is -2.42. The first-order valence-corrected chi connectivity index (χ1v) is 8.09. The number of morpholine rings is 1. The van der Waals surface area contributed by atoms with Gasteiger partial charge >= 0.3 is 12.6 Å². The van der Waals surface area contributed by atoms with Crippen LogP contribution in [0.2, 0.25) is 0 Å². The van der Waals surface area contributed by atoms with Crippen LogP contribution in [0.25, 0.3) is 0 Å². The highest BCUT2D eigenvalue weighted by Crippen LogP contribution is 2.27. The minimum absolute atomic E-state index is 0.00906. The number of rotatable bonds is 5. The third kappa shape index (κ3) is 4.56. The first-order chi connectivity index (χ1) is 12.9. The average molecular weight is 378 g/mol. The fourth-order valence-electron chi connectivity index (χ4n) is 2.79. The molecule has 1 unspecified atom stereocenters. The van der Waals surface area contributed by atoms with Gasteiger partial charge in [-0.3, -0.25) is 4.79 Å². The Hall–Kier alpha value is -3.07. The van der Waals surface area contributed by atoms with Gasteiger partial charge in [0, 0.05) is 18.3 Å². The van der Waals surface area contributed by atoms with Crippen molar-refractivity contribution >= 4 is 11.9 Å². The Bertz CT molecular complexity index is 846. The summed E-state index contributed by atoms with van der Waals surface area (Å²) in [7, 11) is 0. The van der Waals surface area contributed by atoms with Crippen LogP contribution in [0.4, 0.5) is 8.78 Å². The highest BCUT2D eigenvalue weighted by molar-refractivity contribution is 5.96. The van der Waals surface area contributed by atoms with Crippen LogP contribution >= 0.6 is 0 Å². The first-order valence-electron chi connectivity index (χ1n) is 8.09. The van der Waals surface area contributed by atoms with E-state index in [0.29, 0.717) is 12.1 Å². The Balaban J connectivity index is 1.75. The molecular formula is C18H16F2N2O5. The van der Waals surface area contributed by atoms with Gasteiger partial charge < -0.3 is 19.5 Å².